The van der Waals surface area contributed by atoms with Crippen LogP contribution in [0.1, 0.15) is 52.1 Å². The Hall–Kier alpha value is -2.97. The van der Waals surface area contributed by atoms with Crippen molar-refractivity contribution in [3.05, 3.63) is 63.6 Å². The van der Waals surface area contributed by atoms with Crippen LogP contribution in [0, 0.1) is 0 Å². The van der Waals surface area contributed by atoms with Crippen LogP contribution < -0.4 is 21.2 Å². The molecule has 1 amide bonds. The van der Waals surface area contributed by atoms with Gasteiger partial charge in [-0.1, -0.05) is 43.2 Å². The van der Waals surface area contributed by atoms with Gasteiger partial charge in [0, 0.05) is 24.8 Å². The normalized spacial score (nSPS) is 25.3. The van der Waals surface area contributed by atoms with Crippen LogP contribution in [0.4, 0.5) is 0 Å². The number of amides is 1. The molecule has 3 atom stereocenters. The van der Waals surface area contributed by atoms with Crippen molar-refractivity contribution in [2.75, 3.05) is 0 Å². The molecule has 8 nitrogen and oxygen atoms in total. The number of ether oxygens (including phenoxy) is 1. The van der Waals surface area contributed by atoms with Gasteiger partial charge in [0.05, 0.1) is 5.69 Å². The highest BCUT2D eigenvalue weighted by molar-refractivity contribution is 5.95. The molecule has 2 aliphatic heterocycles. The van der Waals surface area contributed by atoms with Gasteiger partial charge in [-0.25, -0.2) is 0 Å². The van der Waals surface area contributed by atoms with Crippen LogP contribution in [-0.4, -0.2) is 39.5 Å². The van der Waals surface area contributed by atoms with Crippen molar-refractivity contribution in [1.29, 1.82) is 0 Å². The number of aromatic nitrogens is 1. The van der Waals surface area contributed by atoms with E-state index in [9.17, 15) is 14.4 Å². The van der Waals surface area contributed by atoms with Crippen LogP contribution in [-0.2, 0) is 13.2 Å². The molecule has 3 N–H and O–H groups in total. The molecule has 1 aliphatic carbocycles. The summed E-state index contributed by atoms with van der Waals surface area (Å²) in [5, 5.41) is 3.45. The molecule has 156 valence electrons. The van der Waals surface area contributed by atoms with Gasteiger partial charge >= 0.3 is 0 Å². The molecule has 0 spiro atoms. The Balaban J connectivity index is 1.56. The van der Waals surface area contributed by atoms with E-state index in [1.165, 1.54) is 10.8 Å². The number of nitrogens with two attached hydrogens (primary N) is 1. The summed E-state index contributed by atoms with van der Waals surface area (Å²) >= 11 is 0. The molecule has 5 rings (SSSR count). The van der Waals surface area contributed by atoms with E-state index >= 15 is 0 Å². The van der Waals surface area contributed by atoms with Gasteiger partial charge in [-0.3, -0.25) is 29.2 Å². The Morgan fingerprint density at radius 2 is 1.93 bits per heavy atom. The molecule has 1 aromatic heterocycles. The molecule has 1 saturated heterocycles. The van der Waals surface area contributed by atoms with Crippen LogP contribution in [0.5, 0.6) is 5.75 Å². The number of nitrogens with one attached hydrogen (secondary N) is 1. The lowest BCUT2D eigenvalue weighted by atomic mass is 9.91. The molecule has 0 radical (unpaired) electrons. The van der Waals surface area contributed by atoms with E-state index in [0.29, 0.717) is 12.2 Å². The second kappa shape index (κ2) is 7.37. The van der Waals surface area contributed by atoms with Crippen molar-refractivity contribution >= 4 is 11.8 Å². The lowest BCUT2D eigenvalue weighted by Gasteiger charge is -2.36. The quantitative estimate of drug-likeness (QED) is 0.788. The summed E-state index contributed by atoms with van der Waals surface area (Å²) in [6, 6.07) is 9.96. The van der Waals surface area contributed by atoms with Gasteiger partial charge in [0.25, 0.3) is 11.8 Å². The number of fused-ring (bicyclic) bond motifs is 4. The zero-order chi connectivity index (χ0) is 20.8. The van der Waals surface area contributed by atoms with Gasteiger partial charge in [-0.2, -0.15) is 0 Å². The molecule has 3 unspecified atom stereocenters. The van der Waals surface area contributed by atoms with E-state index in [0.717, 1.165) is 31.2 Å². The number of carbonyl (C=O) groups excluding carboxylic acids is 2. The summed E-state index contributed by atoms with van der Waals surface area (Å²) in [5.41, 5.74) is 5.99. The average Bonchev–Trinajstić information content (AvgIpc) is 3.13. The Kier molecular flexibility index (Phi) is 4.67. The fourth-order valence-electron chi connectivity index (χ4n) is 4.95. The van der Waals surface area contributed by atoms with Gasteiger partial charge in [0.1, 0.15) is 18.3 Å². The number of rotatable bonds is 4. The predicted octanol–water partition coefficient (Wildman–Crippen LogP) is 1.22. The van der Waals surface area contributed by atoms with E-state index in [1.807, 2.05) is 30.3 Å². The molecule has 1 saturated carbocycles. The predicted molar refractivity (Wildman–Crippen MR) is 109 cm³/mol. The Labute approximate surface area is 173 Å². The standard InChI is InChI=1S/C22H24N4O4/c23-20(28)14-10-26-17(19(18(14)27)30-12-13-6-2-1-3-7-13)11-25-16-9-5-4-8-15(16)24-21(25)22(26)29/h1-3,6-7,10,15-16,21,24H,4-5,8-9,11-12H2,(H2,23,28). The van der Waals surface area contributed by atoms with E-state index in [-0.39, 0.29) is 35.9 Å². The summed E-state index contributed by atoms with van der Waals surface area (Å²) in [4.78, 5) is 40.3. The monoisotopic (exact) mass is 408 g/mol. The summed E-state index contributed by atoms with van der Waals surface area (Å²) in [6.45, 7) is 0.566. The van der Waals surface area contributed by atoms with Gasteiger partial charge in [-0.05, 0) is 18.4 Å². The zero-order valence-corrected chi connectivity index (χ0v) is 16.5. The molecule has 8 heteroatoms. The van der Waals surface area contributed by atoms with Crippen LogP contribution in [0.15, 0.2) is 41.3 Å². The molecule has 30 heavy (non-hydrogen) atoms. The van der Waals surface area contributed by atoms with Crippen molar-refractivity contribution < 1.29 is 14.3 Å². The minimum absolute atomic E-state index is 0.0289. The lowest BCUT2D eigenvalue weighted by molar-refractivity contribution is 0.0611. The topological polar surface area (TPSA) is 107 Å². The molecule has 3 heterocycles. The minimum Gasteiger partial charge on any atom is -0.483 e. The second-order valence-electron chi connectivity index (χ2n) is 8.19. The summed E-state index contributed by atoms with van der Waals surface area (Å²) in [5.74, 6) is -1.05. The third-order valence-corrected chi connectivity index (χ3v) is 6.42. The van der Waals surface area contributed by atoms with Crippen LogP contribution in [0.2, 0.25) is 0 Å². The average molecular weight is 408 g/mol. The highest BCUT2D eigenvalue weighted by Gasteiger charge is 2.48. The molecule has 0 bridgehead atoms. The fourth-order valence-corrected chi connectivity index (χ4v) is 4.95. The molecular formula is C22H24N4O4. The van der Waals surface area contributed by atoms with Gasteiger partial charge in [0.2, 0.25) is 5.43 Å². The number of carbonyl (C=O) groups is 2. The molecule has 1 aromatic carbocycles. The van der Waals surface area contributed by atoms with Crippen LogP contribution in [0.3, 0.4) is 0 Å². The maximum absolute atomic E-state index is 13.3. The fraction of sp³-hybridized carbons (Fsp3) is 0.409. The Bertz CT molecular complexity index is 1060. The number of pyridine rings is 1. The smallest absolute Gasteiger partial charge is 0.263 e. The summed E-state index contributed by atoms with van der Waals surface area (Å²) in [6.07, 6.45) is 5.14. The Morgan fingerprint density at radius 3 is 2.70 bits per heavy atom. The third-order valence-electron chi connectivity index (χ3n) is 6.42. The number of nitrogens with zero attached hydrogens (tertiary/aromatic N) is 2. The minimum atomic E-state index is -0.872. The van der Waals surface area contributed by atoms with E-state index in [4.69, 9.17) is 10.5 Å². The first-order valence-electron chi connectivity index (χ1n) is 10.4. The van der Waals surface area contributed by atoms with Crippen LogP contribution >= 0.6 is 0 Å². The summed E-state index contributed by atoms with van der Waals surface area (Å²) in [7, 11) is 0. The second-order valence-corrected chi connectivity index (χ2v) is 8.19. The van der Waals surface area contributed by atoms with Gasteiger partial charge in [0.15, 0.2) is 5.75 Å². The van der Waals surface area contributed by atoms with Crippen molar-refractivity contribution in [3.63, 3.8) is 0 Å². The van der Waals surface area contributed by atoms with E-state index in [2.05, 4.69) is 10.2 Å². The lowest BCUT2D eigenvalue weighted by Crippen LogP contribution is -2.52. The first-order valence-corrected chi connectivity index (χ1v) is 10.4. The number of primary amides is 1. The van der Waals surface area contributed by atoms with Crippen LogP contribution in [0.25, 0.3) is 0 Å². The number of hydrogen-bond donors (Lipinski definition) is 2. The summed E-state index contributed by atoms with van der Waals surface area (Å²) < 4.78 is 7.29. The Morgan fingerprint density at radius 1 is 1.17 bits per heavy atom. The molecular weight excluding hydrogens is 384 g/mol. The highest BCUT2D eigenvalue weighted by atomic mass is 16.5. The number of benzene rings is 1. The SMILES string of the molecule is NC(=O)c1cn2c(c(OCc3ccccc3)c1=O)CN1C(NC3CCCCC31)C2=O. The van der Waals surface area contributed by atoms with Crippen molar-refractivity contribution in [2.24, 2.45) is 5.73 Å². The van der Waals surface area contributed by atoms with E-state index < -0.39 is 17.5 Å². The zero-order valence-electron chi connectivity index (χ0n) is 16.5. The largest absolute Gasteiger partial charge is 0.483 e. The number of hydrogen-bond acceptors (Lipinski definition) is 6. The molecule has 3 aliphatic rings. The van der Waals surface area contributed by atoms with Crippen molar-refractivity contribution in [1.82, 2.24) is 14.8 Å². The van der Waals surface area contributed by atoms with E-state index in [1.54, 1.807) is 0 Å². The van der Waals surface area contributed by atoms with Crippen molar-refractivity contribution in [3.8, 4) is 5.75 Å². The van der Waals surface area contributed by atoms with Gasteiger partial charge in [-0.15, -0.1) is 0 Å². The van der Waals surface area contributed by atoms with Gasteiger partial charge < -0.3 is 10.5 Å². The third kappa shape index (κ3) is 3.03. The molecule has 2 aromatic rings. The van der Waals surface area contributed by atoms with Crippen molar-refractivity contribution in [2.45, 2.75) is 57.1 Å². The molecule has 2 fully saturated rings. The maximum Gasteiger partial charge on any atom is 0.263 e. The highest BCUT2D eigenvalue weighted by Crippen LogP contribution is 2.35. The first-order chi connectivity index (χ1) is 14.5. The first kappa shape index (κ1) is 19.0. The maximum atomic E-state index is 13.3.